The standard InChI is InChI=1S/C7H12ClNO5S/c1-7(2)5(3-4-15(11,12)13)14-6(10)9(7)8/h5H,3-4H2,1-2H3,(H,11,12,13). The van der Waals surface area contributed by atoms with Crippen molar-refractivity contribution in [3.8, 4) is 0 Å². The van der Waals surface area contributed by atoms with Crippen LogP contribution >= 0.6 is 11.8 Å². The fraction of sp³-hybridized carbons (Fsp3) is 0.857. The van der Waals surface area contributed by atoms with Crippen molar-refractivity contribution in [2.24, 2.45) is 0 Å². The number of ether oxygens (including phenoxy) is 1. The average molecular weight is 258 g/mol. The Bertz CT molecular complexity index is 366. The molecule has 0 aromatic carbocycles. The minimum atomic E-state index is -4.05. The molecule has 1 fully saturated rings. The highest BCUT2D eigenvalue weighted by atomic mass is 35.5. The van der Waals surface area contributed by atoms with Crippen LogP contribution in [0.5, 0.6) is 0 Å². The van der Waals surface area contributed by atoms with Crippen molar-refractivity contribution in [2.75, 3.05) is 5.75 Å². The molecule has 0 spiro atoms. The number of rotatable bonds is 3. The Morgan fingerprint density at radius 2 is 2.13 bits per heavy atom. The third kappa shape index (κ3) is 2.73. The SMILES string of the molecule is CC1(C)C(CCS(=O)(=O)O)OC(=O)N1Cl. The first-order valence-corrected chi connectivity index (χ1v) is 6.21. The zero-order chi connectivity index (χ0) is 11.9. The molecule has 8 heteroatoms. The van der Waals surface area contributed by atoms with Crippen LogP contribution in [0.1, 0.15) is 20.3 Å². The number of nitrogens with zero attached hydrogens (tertiary/aromatic N) is 1. The van der Waals surface area contributed by atoms with Gasteiger partial charge in [0.25, 0.3) is 10.1 Å². The van der Waals surface area contributed by atoms with Crippen molar-refractivity contribution >= 4 is 28.0 Å². The minimum absolute atomic E-state index is 0.0147. The van der Waals surface area contributed by atoms with Crippen molar-refractivity contribution in [3.63, 3.8) is 0 Å². The monoisotopic (exact) mass is 257 g/mol. The van der Waals surface area contributed by atoms with Gasteiger partial charge in [-0.25, -0.2) is 9.21 Å². The van der Waals surface area contributed by atoms with Gasteiger partial charge in [0.15, 0.2) is 0 Å². The molecule has 0 saturated carbocycles. The van der Waals surface area contributed by atoms with E-state index in [9.17, 15) is 13.2 Å². The molecule has 1 unspecified atom stereocenters. The topological polar surface area (TPSA) is 83.9 Å². The Morgan fingerprint density at radius 3 is 2.47 bits per heavy atom. The molecule has 1 aliphatic rings. The number of hydrogen-bond acceptors (Lipinski definition) is 4. The van der Waals surface area contributed by atoms with Crippen molar-refractivity contribution in [3.05, 3.63) is 0 Å². The summed E-state index contributed by atoms with van der Waals surface area (Å²) in [6, 6.07) is 0. The molecule has 1 saturated heterocycles. The smallest absolute Gasteiger partial charge is 0.425 e. The number of carbonyl (C=O) groups is 1. The molecule has 15 heavy (non-hydrogen) atoms. The Balaban J connectivity index is 2.69. The zero-order valence-electron chi connectivity index (χ0n) is 8.31. The van der Waals surface area contributed by atoms with Gasteiger partial charge in [-0.05, 0) is 13.8 Å². The first-order valence-electron chi connectivity index (χ1n) is 4.26. The maximum Gasteiger partial charge on any atom is 0.425 e. The summed E-state index contributed by atoms with van der Waals surface area (Å²) >= 11 is 5.65. The maximum absolute atomic E-state index is 11.1. The largest absolute Gasteiger partial charge is 0.443 e. The van der Waals surface area contributed by atoms with Crippen LogP contribution in [0.2, 0.25) is 0 Å². The van der Waals surface area contributed by atoms with Gasteiger partial charge in [0.1, 0.15) is 6.10 Å². The van der Waals surface area contributed by atoms with Gasteiger partial charge in [-0.3, -0.25) is 4.55 Å². The normalized spacial score (nSPS) is 25.5. The van der Waals surface area contributed by atoms with Gasteiger partial charge in [-0.15, -0.1) is 0 Å². The van der Waals surface area contributed by atoms with E-state index in [4.69, 9.17) is 21.1 Å². The Hall–Kier alpha value is -0.530. The summed E-state index contributed by atoms with van der Waals surface area (Å²) in [5.41, 5.74) is -0.788. The fourth-order valence-electron chi connectivity index (χ4n) is 1.34. The van der Waals surface area contributed by atoms with Crippen molar-refractivity contribution in [1.29, 1.82) is 0 Å². The fourth-order valence-corrected chi connectivity index (χ4v) is 2.00. The first-order chi connectivity index (χ1) is 6.64. The molecule has 1 heterocycles. The van der Waals surface area contributed by atoms with E-state index in [1.54, 1.807) is 13.8 Å². The van der Waals surface area contributed by atoms with Crippen molar-refractivity contribution < 1.29 is 22.5 Å². The van der Waals surface area contributed by atoms with Crippen LogP contribution in [0.3, 0.4) is 0 Å². The third-order valence-electron chi connectivity index (χ3n) is 2.34. The summed E-state index contributed by atoms with van der Waals surface area (Å²) in [6.07, 6.45) is -1.34. The van der Waals surface area contributed by atoms with Gasteiger partial charge in [0, 0.05) is 18.2 Å². The molecule has 6 nitrogen and oxygen atoms in total. The van der Waals surface area contributed by atoms with Crippen LogP contribution in [0.15, 0.2) is 0 Å². The molecule has 88 valence electrons. The lowest BCUT2D eigenvalue weighted by Gasteiger charge is -2.26. The van der Waals surface area contributed by atoms with E-state index in [1.807, 2.05) is 0 Å². The highest BCUT2D eigenvalue weighted by Crippen LogP contribution is 2.33. The van der Waals surface area contributed by atoms with Gasteiger partial charge in [0.2, 0.25) is 0 Å². The minimum Gasteiger partial charge on any atom is -0.443 e. The predicted molar refractivity (Wildman–Crippen MR) is 53.1 cm³/mol. The second kappa shape index (κ2) is 3.80. The van der Waals surface area contributed by atoms with Crippen LogP contribution in [0.25, 0.3) is 0 Å². The summed E-state index contributed by atoms with van der Waals surface area (Å²) in [7, 11) is -4.05. The van der Waals surface area contributed by atoms with E-state index in [2.05, 4.69) is 0 Å². The highest BCUT2D eigenvalue weighted by molar-refractivity contribution is 7.85. The molecule has 0 aromatic heterocycles. The van der Waals surface area contributed by atoms with E-state index in [0.717, 1.165) is 4.42 Å². The Morgan fingerprint density at radius 1 is 1.60 bits per heavy atom. The van der Waals surface area contributed by atoms with Crippen LogP contribution < -0.4 is 0 Å². The molecule has 0 bridgehead atoms. The Kier molecular flexibility index (Phi) is 3.18. The zero-order valence-corrected chi connectivity index (χ0v) is 9.88. The van der Waals surface area contributed by atoms with E-state index in [0.29, 0.717) is 0 Å². The van der Waals surface area contributed by atoms with Crippen LogP contribution in [0, 0.1) is 0 Å². The Labute approximate surface area is 93.0 Å². The second-order valence-corrected chi connectivity index (χ2v) is 5.79. The highest BCUT2D eigenvalue weighted by Gasteiger charge is 2.48. The number of amides is 1. The maximum atomic E-state index is 11.1. The van der Waals surface area contributed by atoms with Gasteiger partial charge in [-0.1, -0.05) is 0 Å². The first kappa shape index (κ1) is 12.5. The summed E-state index contributed by atoms with van der Waals surface area (Å²) in [6.45, 7) is 3.30. The quantitative estimate of drug-likeness (QED) is 0.603. The molecule has 1 amide bonds. The molecule has 1 N–H and O–H groups in total. The van der Waals surface area contributed by atoms with Crippen LogP contribution in [-0.2, 0) is 14.9 Å². The lowest BCUT2D eigenvalue weighted by molar-refractivity contribution is 0.114. The molecule has 1 rings (SSSR count). The summed E-state index contributed by atoms with van der Waals surface area (Å²) in [5.74, 6) is -0.459. The van der Waals surface area contributed by atoms with Crippen LogP contribution in [-0.4, -0.2) is 40.9 Å². The van der Waals surface area contributed by atoms with Gasteiger partial charge < -0.3 is 4.74 Å². The molecular formula is C7H12ClNO5S. The van der Waals surface area contributed by atoms with Gasteiger partial charge in [-0.2, -0.15) is 8.42 Å². The lowest BCUT2D eigenvalue weighted by atomic mass is 9.97. The molecule has 1 atom stereocenters. The van der Waals surface area contributed by atoms with Crippen LogP contribution in [0.4, 0.5) is 4.79 Å². The lowest BCUT2D eigenvalue weighted by Crippen LogP contribution is -2.41. The number of cyclic esters (lactones) is 1. The van der Waals surface area contributed by atoms with E-state index in [1.165, 1.54) is 0 Å². The number of halogens is 1. The second-order valence-electron chi connectivity index (χ2n) is 3.88. The third-order valence-corrected chi connectivity index (χ3v) is 3.66. The average Bonchev–Trinajstić information content (AvgIpc) is 2.25. The molecular weight excluding hydrogens is 246 g/mol. The van der Waals surface area contributed by atoms with Crippen molar-refractivity contribution in [2.45, 2.75) is 31.9 Å². The predicted octanol–water partition coefficient (Wildman–Crippen LogP) is 1.02. The van der Waals surface area contributed by atoms with Gasteiger partial charge in [0.05, 0.1) is 11.3 Å². The molecule has 0 aromatic rings. The summed E-state index contributed by atoms with van der Waals surface area (Å²) in [4.78, 5) is 11.1. The van der Waals surface area contributed by atoms with E-state index < -0.39 is 33.6 Å². The van der Waals surface area contributed by atoms with E-state index >= 15 is 0 Å². The number of hydrogen-bond donors (Lipinski definition) is 1. The molecule has 1 aliphatic heterocycles. The summed E-state index contributed by atoms with van der Waals surface area (Å²) < 4.78 is 35.4. The van der Waals surface area contributed by atoms with E-state index in [-0.39, 0.29) is 6.42 Å². The molecule has 0 aliphatic carbocycles. The van der Waals surface area contributed by atoms with Gasteiger partial charge >= 0.3 is 6.09 Å². The number of carbonyl (C=O) groups excluding carboxylic acids is 1. The van der Waals surface area contributed by atoms with Crippen molar-refractivity contribution in [1.82, 2.24) is 4.42 Å². The summed E-state index contributed by atoms with van der Waals surface area (Å²) in [5, 5.41) is 0. The molecule has 0 radical (unpaired) electrons.